The molecule has 22 heavy (non-hydrogen) atoms. The Bertz CT molecular complexity index is 422. The molecule has 0 aliphatic heterocycles. The van der Waals surface area contributed by atoms with Crippen LogP contribution in [0, 0.1) is 5.92 Å². The SMILES string of the molecule is COC(=O)CC[C@@H](NC(=O)[C@H](NC(C)=O)C(C)C)C(=O)OC. The third kappa shape index (κ3) is 7.05. The maximum Gasteiger partial charge on any atom is 0.328 e. The van der Waals surface area contributed by atoms with Gasteiger partial charge in [-0.3, -0.25) is 14.4 Å². The zero-order valence-corrected chi connectivity index (χ0v) is 13.6. The van der Waals surface area contributed by atoms with Gasteiger partial charge in [0, 0.05) is 13.3 Å². The summed E-state index contributed by atoms with van der Waals surface area (Å²) < 4.78 is 9.10. The van der Waals surface area contributed by atoms with E-state index in [0.29, 0.717) is 0 Å². The Morgan fingerprint density at radius 2 is 1.59 bits per heavy atom. The fourth-order valence-electron chi connectivity index (χ4n) is 1.77. The Hall–Kier alpha value is -2.12. The fraction of sp³-hybridized carbons (Fsp3) is 0.714. The van der Waals surface area contributed by atoms with Gasteiger partial charge < -0.3 is 20.1 Å². The van der Waals surface area contributed by atoms with Gasteiger partial charge >= 0.3 is 11.9 Å². The van der Waals surface area contributed by atoms with Crippen molar-refractivity contribution in [1.82, 2.24) is 10.6 Å². The van der Waals surface area contributed by atoms with Gasteiger partial charge in [0.1, 0.15) is 12.1 Å². The smallest absolute Gasteiger partial charge is 0.328 e. The number of amides is 2. The number of hydrogen-bond acceptors (Lipinski definition) is 6. The van der Waals surface area contributed by atoms with Crippen molar-refractivity contribution in [2.45, 2.75) is 45.7 Å². The standard InChI is InChI=1S/C14H24N2O6/c1-8(2)12(15-9(3)17)13(19)16-10(14(20)22-5)6-7-11(18)21-4/h8,10,12H,6-7H2,1-5H3,(H,15,17)(H,16,19)/t10-,12-/m1/s1. The average Bonchev–Trinajstić information content (AvgIpc) is 2.46. The zero-order chi connectivity index (χ0) is 17.3. The predicted molar refractivity (Wildman–Crippen MR) is 77.6 cm³/mol. The largest absolute Gasteiger partial charge is 0.469 e. The summed E-state index contributed by atoms with van der Waals surface area (Å²) >= 11 is 0. The summed E-state index contributed by atoms with van der Waals surface area (Å²) in [6.07, 6.45) is 0.0129. The second-order valence-corrected chi connectivity index (χ2v) is 5.12. The van der Waals surface area contributed by atoms with Crippen LogP contribution in [0.25, 0.3) is 0 Å². The van der Waals surface area contributed by atoms with Gasteiger partial charge in [0.25, 0.3) is 0 Å². The third-order valence-corrected chi connectivity index (χ3v) is 2.97. The van der Waals surface area contributed by atoms with Crippen LogP contribution in [-0.2, 0) is 28.7 Å². The van der Waals surface area contributed by atoms with E-state index in [0.717, 1.165) is 0 Å². The van der Waals surface area contributed by atoms with Crippen LogP contribution in [0.15, 0.2) is 0 Å². The Morgan fingerprint density at radius 3 is 2.00 bits per heavy atom. The minimum Gasteiger partial charge on any atom is -0.469 e. The van der Waals surface area contributed by atoms with Crippen LogP contribution in [0.5, 0.6) is 0 Å². The van der Waals surface area contributed by atoms with E-state index in [1.165, 1.54) is 21.1 Å². The number of carbonyl (C=O) groups excluding carboxylic acids is 4. The molecule has 126 valence electrons. The minimum atomic E-state index is -0.980. The third-order valence-electron chi connectivity index (χ3n) is 2.97. The van der Waals surface area contributed by atoms with Crippen molar-refractivity contribution in [1.29, 1.82) is 0 Å². The van der Waals surface area contributed by atoms with Gasteiger partial charge in [-0.05, 0) is 12.3 Å². The Labute approximate surface area is 129 Å². The second kappa shape index (κ2) is 9.75. The molecule has 0 saturated heterocycles. The van der Waals surface area contributed by atoms with Gasteiger partial charge in [-0.15, -0.1) is 0 Å². The Morgan fingerprint density at radius 1 is 1.00 bits per heavy atom. The van der Waals surface area contributed by atoms with Gasteiger partial charge in [0.05, 0.1) is 14.2 Å². The molecule has 0 aromatic carbocycles. The van der Waals surface area contributed by atoms with Crippen molar-refractivity contribution in [3.8, 4) is 0 Å². The summed E-state index contributed by atoms with van der Waals surface area (Å²) in [4.78, 5) is 46.2. The van der Waals surface area contributed by atoms with E-state index in [2.05, 4.69) is 20.1 Å². The molecular formula is C14H24N2O6. The molecular weight excluding hydrogens is 292 g/mol. The van der Waals surface area contributed by atoms with Crippen LogP contribution in [0.2, 0.25) is 0 Å². The molecule has 0 heterocycles. The van der Waals surface area contributed by atoms with Crippen molar-refractivity contribution in [2.75, 3.05) is 14.2 Å². The lowest BCUT2D eigenvalue weighted by Crippen LogP contribution is -2.53. The maximum absolute atomic E-state index is 12.2. The van der Waals surface area contributed by atoms with E-state index < -0.39 is 29.9 Å². The number of ether oxygens (including phenoxy) is 2. The molecule has 0 aliphatic rings. The van der Waals surface area contributed by atoms with Crippen LogP contribution < -0.4 is 10.6 Å². The molecule has 0 rings (SSSR count). The summed E-state index contributed by atoms with van der Waals surface area (Å²) in [6, 6.07) is -1.76. The first kappa shape index (κ1) is 19.9. The van der Waals surface area contributed by atoms with Crippen molar-refractivity contribution >= 4 is 23.8 Å². The highest BCUT2D eigenvalue weighted by Gasteiger charge is 2.28. The van der Waals surface area contributed by atoms with E-state index in [1.54, 1.807) is 13.8 Å². The summed E-state index contributed by atoms with van der Waals surface area (Å²) in [5, 5.41) is 5.02. The predicted octanol–water partition coefficient (Wildman–Crippen LogP) is -0.242. The van der Waals surface area contributed by atoms with Gasteiger partial charge in [-0.2, -0.15) is 0 Å². The molecule has 2 atom stereocenters. The summed E-state index contributed by atoms with van der Waals surface area (Å²) in [5.74, 6) is -2.18. The van der Waals surface area contributed by atoms with E-state index in [9.17, 15) is 19.2 Å². The second-order valence-electron chi connectivity index (χ2n) is 5.12. The summed E-state index contributed by atoms with van der Waals surface area (Å²) in [7, 11) is 2.42. The average molecular weight is 316 g/mol. The van der Waals surface area contributed by atoms with Crippen molar-refractivity contribution < 1.29 is 28.7 Å². The molecule has 0 spiro atoms. The van der Waals surface area contributed by atoms with E-state index in [1.807, 2.05) is 0 Å². The molecule has 0 bridgehead atoms. The maximum atomic E-state index is 12.2. The number of rotatable bonds is 8. The molecule has 8 heteroatoms. The highest BCUT2D eigenvalue weighted by Crippen LogP contribution is 2.06. The van der Waals surface area contributed by atoms with Crippen molar-refractivity contribution in [2.24, 2.45) is 5.92 Å². The topological polar surface area (TPSA) is 111 Å². The van der Waals surface area contributed by atoms with Gasteiger partial charge in [-0.1, -0.05) is 13.8 Å². The summed E-state index contributed by atoms with van der Waals surface area (Å²) in [6.45, 7) is 4.83. The first-order valence-electron chi connectivity index (χ1n) is 6.95. The van der Waals surface area contributed by atoms with Gasteiger partial charge in [0.15, 0.2) is 0 Å². The van der Waals surface area contributed by atoms with E-state index >= 15 is 0 Å². The first-order valence-corrected chi connectivity index (χ1v) is 6.95. The lowest BCUT2D eigenvalue weighted by Gasteiger charge is -2.24. The van der Waals surface area contributed by atoms with Crippen LogP contribution in [0.3, 0.4) is 0 Å². The summed E-state index contributed by atoms with van der Waals surface area (Å²) in [5.41, 5.74) is 0. The molecule has 8 nitrogen and oxygen atoms in total. The highest BCUT2D eigenvalue weighted by atomic mass is 16.5. The number of nitrogens with one attached hydrogen (secondary N) is 2. The zero-order valence-electron chi connectivity index (χ0n) is 13.6. The monoisotopic (exact) mass is 316 g/mol. The lowest BCUT2D eigenvalue weighted by molar-refractivity contribution is -0.146. The van der Waals surface area contributed by atoms with Crippen molar-refractivity contribution in [3.05, 3.63) is 0 Å². The lowest BCUT2D eigenvalue weighted by atomic mass is 10.0. The van der Waals surface area contributed by atoms with Crippen LogP contribution in [-0.4, -0.2) is 50.1 Å². The van der Waals surface area contributed by atoms with Crippen molar-refractivity contribution in [3.63, 3.8) is 0 Å². The molecule has 0 saturated carbocycles. The normalized spacial score (nSPS) is 13.0. The molecule has 2 amide bonds. The first-order chi connectivity index (χ1) is 10.2. The van der Waals surface area contributed by atoms with Crippen LogP contribution >= 0.6 is 0 Å². The molecule has 2 N–H and O–H groups in total. The number of hydrogen-bond donors (Lipinski definition) is 2. The minimum absolute atomic E-state index is 0.0387. The van der Waals surface area contributed by atoms with Gasteiger partial charge in [0.2, 0.25) is 11.8 Å². The van der Waals surface area contributed by atoms with Gasteiger partial charge in [-0.25, -0.2) is 4.79 Å². The Balaban J connectivity index is 4.87. The molecule has 0 aromatic heterocycles. The van der Waals surface area contributed by atoms with E-state index in [-0.39, 0.29) is 24.7 Å². The quantitative estimate of drug-likeness (QED) is 0.598. The fourth-order valence-corrected chi connectivity index (χ4v) is 1.77. The molecule has 0 aromatic rings. The Kier molecular flexibility index (Phi) is 8.81. The van der Waals surface area contributed by atoms with E-state index in [4.69, 9.17) is 0 Å². The number of esters is 2. The molecule has 0 fully saturated rings. The number of carbonyl (C=O) groups is 4. The molecule has 0 aliphatic carbocycles. The highest BCUT2D eigenvalue weighted by molar-refractivity contribution is 5.90. The van der Waals surface area contributed by atoms with Crippen LogP contribution in [0.4, 0.5) is 0 Å². The number of methoxy groups -OCH3 is 2. The molecule has 0 radical (unpaired) electrons. The van der Waals surface area contributed by atoms with Crippen LogP contribution in [0.1, 0.15) is 33.6 Å². The molecule has 0 unspecified atom stereocenters.